The minimum atomic E-state index is -1.45. The van der Waals surface area contributed by atoms with Gasteiger partial charge in [-0.3, -0.25) is 14.5 Å². The number of nitrogens with one attached hydrogen (secondary N) is 1. The quantitative estimate of drug-likeness (QED) is 0.526. The minimum Gasteiger partial charge on any atom is -0.548 e. The molecular formula is C21H28N2O6S. The van der Waals surface area contributed by atoms with E-state index < -0.39 is 30.1 Å². The van der Waals surface area contributed by atoms with Crippen LogP contribution in [0.2, 0.25) is 0 Å². The van der Waals surface area contributed by atoms with E-state index in [1.54, 1.807) is 0 Å². The maximum Gasteiger partial charge on any atom is 0.410 e. The summed E-state index contributed by atoms with van der Waals surface area (Å²) in [6, 6.07) is 7.10. The molecule has 2 atom stereocenters. The first-order valence-corrected chi connectivity index (χ1v) is 12.0. The molecule has 30 heavy (non-hydrogen) atoms. The van der Waals surface area contributed by atoms with E-state index in [1.807, 2.05) is 42.8 Å². The summed E-state index contributed by atoms with van der Waals surface area (Å²) < 4.78 is 5.30. The van der Waals surface area contributed by atoms with Gasteiger partial charge in [0.2, 0.25) is 5.91 Å². The summed E-state index contributed by atoms with van der Waals surface area (Å²) in [6.45, 7) is 0.445. The molecule has 1 fully saturated rings. The fraction of sp³-hybridized carbons (Fsp3) is 0.524. The molecule has 1 aromatic rings. The van der Waals surface area contributed by atoms with Gasteiger partial charge < -0.3 is 20.0 Å². The van der Waals surface area contributed by atoms with Gasteiger partial charge in [0.15, 0.2) is 11.5 Å². The van der Waals surface area contributed by atoms with Crippen LogP contribution in [0.5, 0.6) is 0 Å². The molecule has 1 aliphatic rings. The maximum atomic E-state index is 12.6. The largest absolute Gasteiger partial charge is 0.548 e. The maximum absolute atomic E-state index is 12.6. The predicted molar refractivity (Wildman–Crippen MR) is 112 cm³/mol. The number of hydrogen-bond acceptors (Lipinski definition) is 6. The Morgan fingerprint density at radius 1 is 1.23 bits per heavy atom. The highest BCUT2D eigenvalue weighted by atomic mass is 32.2. The molecule has 1 heterocycles. The average Bonchev–Trinajstić information content (AvgIpc) is 3.19. The number of ether oxygens (including phenoxy) is 1. The number of ketones is 1. The summed E-state index contributed by atoms with van der Waals surface area (Å²) in [5.74, 6) is -1.68. The van der Waals surface area contributed by atoms with Crippen molar-refractivity contribution in [1.82, 2.24) is 10.2 Å². The predicted octanol–water partition coefficient (Wildman–Crippen LogP) is 0.250. The fourth-order valence-electron chi connectivity index (χ4n) is 3.28. The van der Waals surface area contributed by atoms with Gasteiger partial charge in [-0.2, -0.15) is 0 Å². The topological polar surface area (TPSA) is 116 Å². The van der Waals surface area contributed by atoms with E-state index in [0.717, 1.165) is 5.56 Å². The third-order valence-electron chi connectivity index (χ3n) is 4.76. The SMILES string of the molecule is C[S+](C)CC(=O)CC[C@H](NC(=O)[C@@H]1CCCN1C(=O)OCc1ccccc1)C(=O)[O-]. The molecule has 1 aliphatic heterocycles. The molecule has 0 radical (unpaired) electrons. The van der Waals surface area contributed by atoms with Crippen molar-refractivity contribution in [1.29, 1.82) is 0 Å². The zero-order valence-electron chi connectivity index (χ0n) is 17.3. The Morgan fingerprint density at radius 2 is 1.93 bits per heavy atom. The Bertz CT molecular complexity index is 755. The average molecular weight is 437 g/mol. The molecule has 8 nitrogen and oxygen atoms in total. The Labute approximate surface area is 179 Å². The Balaban J connectivity index is 1.90. The highest BCUT2D eigenvalue weighted by Gasteiger charge is 2.36. The van der Waals surface area contributed by atoms with Crippen molar-refractivity contribution in [3.05, 3.63) is 35.9 Å². The summed E-state index contributed by atoms with van der Waals surface area (Å²) >= 11 is 0. The van der Waals surface area contributed by atoms with Crippen molar-refractivity contribution in [2.75, 3.05) is 24.8 Å². The summed E-state index contributed by atoms with van der Waals surface area (Å²) in [5.41, 5.74) is 0.828. The lowest BCUT2D eigenvalue weighted by molar-refractivity contribution is -0.308. The molecular weight excluding hydrogens is 408 g/mol. The number of likely N-dealkylation sites (tertiary alicyclic amines) is 1. The zero-order chi connectivity index (χ0) is 22.1. The first-order chi connectivity index (χ1) is 14.3. The molecule has 1 N–H and O–H groups in total. The van der Waals surface area contributed by atoms with Crippen molar-refractivity contribution in [2.45, 2.75) is 44.4 Å². The Morgan fingerprint density at radius 3 is 2.57 bits per heavy atom. The van der Waals surface area contributed by atoms with Crippen LogP contribution in [0.15, 0.2) is 30.3 Å². The van der Waals surface area contributed by atoms with E-state index in [2.05, 4.69) is 5.32 Å². The van der Waals surface area contributed by atoms with Gasteiger partial charge in [-0.1, -0.05) is 30.3 Å². The highest BCUT2D eigenvalue weighted by molar-refractivity contribution is 7.96. The number of amides is 2. The Hall–Kier alpha value is -2.55. The summed E-state index contributed by atoms with van der Waals surface area (Å²) in [7, 11) is -0.0679. The van der Waals surface area contributed by atoms with E-state index in [4.69, 9.17) is 4.74 Å². The highest BCUT2D eigenvalue weighted by Crippen LogP contribution is 2.19. The second-order valence-corrected chi connectivity index (χ2v) is 9.74. The number of Topliss-reactive ketones (excluding diaryl/α,β-unsaturated/α-hetero) is 1. The monoisotopic (exact) mass is 436 g/mol. The molecule has 1 aromatic carbocycles. The van der Waals surface area contributed by atoms with Gasteiger partial charge in [-0.05, 0) is 35.7 Å². The number of carboxylic acid groups (broad SMARTS) is 1. The van der Waals surface area contributed by atoms with Gasteiger partial charge in [0, 0.05) is 13.0 Å². The number of carboxylic acids is 1. The Kier molecular flexibility index (Phi) is 9.16. The van der Waals surface area contributed by atoms with Crippen LogP contribution < -0.4 is 10.4 Å². The van der Waals surface area contributed by atoms with Crippen LogP contribution in [0, 0.1) is 0 Å². The third kappa shape index (κ3) is 7.37. The standard InChI is InChI=1S/C21H28N2O6S/c1-30(2)14-16(24)10-11-17(20(26)27)22-19(25)18-9-6-12-23(18)21(28)29-13-15-7-4-3-5-8-15/h3-5,7-8,17-18H,6,9-14H2,1-2H3,(H-,22,25,26,27)/t17-,18-/m0/s1. The molecule has 164 valence electrons. The first-order valence-electron chi connectivity index (χ1n) is 9.82. The summed E-state index contributed by atoms with van der Waals surface area (Å²) in [5, 5.41) is 13.8. The number of carbonyl (C=O) groups excluding carboxylic acids is 4. The lowest BCUT2D eigenvalue weighted by Crippen LogP contribution is -2.54. The van der Waals surface area contributed by atoms with E-state index in [-0.39, 0.29) is 36.1 Å². The minimum absolute atomic E-state index is 0.0325. The molecule has 0 bridgehead atoms. The number of carbonyl (C=O) groups is 4. The molecule has 0 aromatic heterocycles. The van der Waals surface area contributed by atoms with Crippen LogP contribution in [0.4, 0.5) is 4.79 Å². The molecule has 0 saturated carbocycles. The van der Waals surface area contributed by atoms with Crippen LogP contribution in [0.1, 0.15) is 31.2 Å². The molecule has 0 spiro atoms. The van der Waals surface area contributed by atoms with E-state index >= 15 is 0 Å². The zero-order valence-corrected chi connectivity index (χ0v) is 18.1. The number of benzene rings is 1. The molecule has 2 amide bonds. The van der Waals surface area contributed by atoms with Crippen molar-refractivity contribution < 1.29 is 29.0 Å². The molecule has 0 unspecified atom stereocenters. The number of hydrogen-bond donors (Lipinski definition) is 1. The number of rotatable bonds is 10. The van der Waals surface area contributed by atoms with Gasteiger partial charge >= 0.3 is 6.09 Å². The van der Waals surface area contributed by atoms with Crippen molar-refractivity contribution in [3.63, 3.8) is 0 Å². The van der Waals surface area contributed by atoms with Crippen molar-refractivity contribution >= 4 is 34.6 Å². The molecule has 9 heteroatoms. The van der Waals surface area contributed by atoms with Gasteiger partial charge in [-0.25, -0.2) is 4.79 Å². The summed E-state index contributed by atoms with van der Waals surface area (Å²) in [4.78, 5) is 49.7. The van der Waals surface area contributed by atoms with Crippen LogP contribution in [-0.2, 0) is 36.6 Å². The van der Waals surface area contributed by atoms with E-state index in [0.29, 0.717) is 25.1 Å². The number of aliphatic carboxylic acids is 1. The molecule has 2 rings (SSSR count). The van der Waals surface area contributed by atoms with Gasteiger partial charge in [-0.15, -0.1) is 0 Å². The normalized spacial score (nSPS) is 16.9. The lowest BCUT2D eigenvalue weighted by atomic mass is 10.1. The summed E-state index contributed by atoms with van der Waals surface area (Å²) in [6.07, 6.45) is 4.30. The van der Waals surface area contributed by atoms with Crippen LogP contribution in [-0.4, -0.2) is 65.5 Å². The van der Waals surface area contributed by atoms with Crippen molar-refractivity contribution in [3.8, 4) is 0 Å². The second kappa shape index (κ2) is 11.6. The molecule has 1 saturated heterocycles. The third-order valence-corrected chi connectivity index (χ3v) is 5.66. The van der Waals surface area contributed by atoms with Crippen LogP contribution >= 0.6 is 0 Å². The lowest BCUT2D eigenvalue weighted by Gasteiger charge is -2.26. The van der Waals surface area contributed by atoms with Crippen LogP contribution in [0.25, 0.3) is 0 Å². The molecule has 0 aliphatic carbocycles. The van der Waals surface area contributed by atoms with Crippen LogP contribution in [0.3, 0.4) is 0 Å². The van der Waals surface area contributed by atoms with Gasteiger partial charge in [0.25, 0.3) is 0 Å². The van der Waals surface area contributed by atoms with Gasteiger partial charge in [0.05, 0.1) is 24.5 Å². The first kappa shape index (κ1) is 23.7. The van der Waals surface area contributed by atoms with E-state index in [9.17, 15) is 24.3 Å². The number of nitrogens with zero attached hydrogens (tertiary/aromatic N) is 1. The smallest absolute Gasteiger partial charge is 0.410 e. The van der Waals surface area contributed by atoms with E-state index in [1.165, 1.54) is 4.90 Å². The van der Waals surface area contributed by atoms with Crippen molar-refractivity contribution in [2.24, 2.45) is 0 Å². The second-order valence-electron chi connectivity index (χ2n) is 7.48. The van der Waals surface area contributed by atoms with Gasteiger partial charge in [0.1, 0.15) is 12.6 Å². The fourth-order valence-corrected chi connectivity index (χ4v) is 4.06.